The summed E-state index contributed by atoms with van der Waals surface area (Å²) in [6.45, 7) is 2.23. The van der Waals surface area contributed by atoms with Gasteiger partial charge in [-0.2, -0.15) is 0 Å². The Labute approximate surface area is 186 Å². The number of carbonyl (C=O) groups excluding carboxylic acids is 2. The van der Waals surface area contributed by atoms with Crippen LogP contribution in [0.25, 0.3) is 11.5 Å². The van der Waals surface area contributed by atoms with Crippen molar-refractivity contribution in [2.24, 2.45) is 11.3 Å². The molecule has 2 heterocycles. The van der Waals surface area contributed by atoms with Gasteiger partial charge in [-0.15, -0.1) is 0 Å². The highest BCUT2D eigenvalue weighted by Crippen LogP contribution is 2.61. The van der Waals surface area contributed by atoms with Crippen molar-refractivity contribution in [1.29, 1.82) is 0 Å². The van der Waals surface area contributed by atoms with Gasteiger partial charge in [-0.05, 0) is 61.9 Å². The minimum Gasteiger partial charge on any atom is -0.472 e. The van der Waals surface area contributed by atoms with Crippen LogP contribution in [0.5, 0.6) is 0 Å². The third-order valence-corrected chi connectivity index (χ3v) is 6.85. The van der Waals surface area contributed by atoms with Gasteiger partial charge in [0, 0.05) is 17.2 Å². The molecule has 2 aliphatic rings. The van der Waals surface area contributed by atoms with Crippen molar-refractivity contribution >= 4 is 17.5 Å². The number of carbonyl (C=O) groups is 2. The lowest BCUT2D eigenvalue weighted by Gasteiger charge is -2.21. The maximum Gasteiger partial charge on any atom is 0.258 e. The van der Waals surface area contributed by atoms with Gasteiger partial charge >= 0.3 is 0 Å². The lowest BCUT2D eigenvalue weighted by atomic mass is 9.84. The monoisotopic (exact) mass is 433 g/mol. The van der Waals surface area contributed by atoms with Crippen LogP contribution in [0.3, 0.4) is 0 Å². The summed E-state index contributed by atoms with van der Waals surface area (Å²) in [4.78, 5) is 29.3. The number of anilines is 1. The molecule has 1 unspecified atom stereocenters. The lowest BCUT2D eigenvalue weighted by Crippen LogP contribution is -2.28. The number of aromatic nitrogens is 1. The first-order valence-corrected chi connectivity index (χ1v) is 11.2. The van der Waals surface area contributed by atoms with Crippen LogP contribution in [-0.4, -0.2) is 16.8 Å². The molecular formula is C25H27N3O4. The smallest absolute Gasteiger partial charge is 0.258 e. The number of hydrogen-bond donors (Lipinski definition) is 2. The Kier molecular flexibility index (Phi) is 5.33. The first-order valence-electron chi connectivity index (χ1n) is 11.2. The van der Waals surface area contributed by atoms with Crippen LogP contribution in [-0.2, 0) is 11.3 Å². The average molecular weight is 434 g/mol. The molecular weight excluding hydrogens is 406 g/mol. The van der Waals surface area contributed by atoms with Crippen molar-refractivity contribution < 1.29 is 18.4 Å². The molecule has 0 radical (unpaired) electrons. The van der Waals surface area contributed by atoms with Gasteiger partial charge in [-0.25, -0.2) is 4.98 Å². The Morgan fingerprint density at radius 1 is 1.12 bits per heavy atom. The van der Waals surface area contributed by atoms with Gasteiger partial charge in [-0.1, -0.05) is 19.3 Å². The molecule has 2 aromatic heterocycles. The van der Waals surface area contributed by atoms with Gasteiger partial charge in [0.05, 0.1) is 18.4 Å². The topological polar surface area (TPSA) is 97.4 Å². The number of nitrogens with zero attached hydrogens (tertiary/aromatic N) is 1. The highest BCUT2D eigenvalue weighted by atomic mass is 16.4. The minimum absolute atomic E-state index is 0.147. The molecule has 2 aliphatic carbocycles. The molecule has 7 nitrogen and oxygen atoms in total. The number of furan rings is 1. The molecule has 32 heavy (non-hydrogen) atoms. The Morgan fingerprint density at radius 3 is 2.62 bits per heavy atom. The number of benzene rings is 1. The second-order valence-electron chi connectivity index (χ2n) is 8.96. The van der Waals surface area contributed by atoms with Crippen molar-refractivity contribution in [1.82, 2.24) is 10.3 Å². The summed E-state index contributed by atoms with van der Waals surface area (Å²) in [5.74, 6) is 1.27. The number of oxazole rings is 1. The maximum absolute atomic E-state index is 12.6. The molecule has 0 aliphatic heterocycles. The highest BCUT2D eigenvalue weighted by molar-refractivity contribution is 6.04. The quantitative estimate of drug-likeness (QED) is 0.565. The molecule has 2 fully saturated rings. The van der Waals surface area contributed by atoms with Gasteiger partial charge in [-0.3, -0.25) is 9.59 Å². The summed E-state index contributed by atoms with van der Waals surface area (Å²) in [6, 6.07) is 8.89. The third-order valence-electron chi connectivity index (χ3n) is 6.85. The summed E-state index contributed by atoms with van der Waals surface area (Å²) in [5.41, 5.74) is 2.95. The Bertz CT molecular complexity index is 1110. The van der Waals surface area contributed by atoms with E-state index in [0.717, 1.165) is 17.7 Å². The number of nitrogens with one attached hydrogen (secondary N) is 2. The van der Waals surface area contributed by atoms with E-state index in [0.29, 0.717) is 29.4 Å². The van der Waals surface area contributed by atoms with E-state index >= 15 is 0 Å². The van der Waals surface area contributed by atoms with Crippen molar-refractivity contribution in [2.45, 2.75) is 52.0 Å². The molecule has 1 atom stereocenters. The van der Waals surface area contributed by atoms with E-state index in [2.05, 4.69) is 15.6 Å². The number of aryl methyl sites for hydroxylation is 1. The fraction of sp³-hybridized carbons (Fsp3) is 0.400. The molecule has 7 heteroatoms. The zero-order valence-corrected chi connectivity index (χ0v) is 18.1. The fourth-order valence-electron chi connectivity index (χ4n) is 4.83. The van der Waals surface area contributed by atoms with Gasteiger partial charge < -0.3 is 19.5 Å². The van der Waals surface area contributed by atoms with Crippen molar-refractivity contribution in [3.63, 3.8) is 0 Å². The van der Waals surface area contributed by atoms with Gasteiger partial charge in [0.1, 0.15) is 17.7 Å². The third kappa shape index (κ3) is 4.07. The largest absolute Gasteiger partial charge is 0.472 e. The number of hydrogen-bond acceptors (Lipinski definition) is 5. The van der Waals surface area contributed by atoms with Crippen LogP contribution in [0.4, 0.5) is 5.69 Å². The summed E-state index contributed by atoms with van der Waals surface area (Å²) in [7, 11) is 0. The molecule has 1 aromatic carbocycles. The van der Waals surface area contributed by atoms with Crippen molar-refractivity contribution in [2.75, 3.05) is 5.32 Å². The standard InChI is InChI=1S/C25H27N3O4/c1-16-21(14-26-23(30)20-13-25(20)10-3-2-4-11-25)28-24(32-16)17-5-7-19(8-6-17)27-22(29)18-9-12-31-15-18/h5-9,12,15,20H,2-4,10-11,13-14H2,1H3,(H,26,30)(H,27,29). The molecule has 5 rings (SSSR count). The van der Waals surface area contributed by atoms with Crippen LogP contribution >= 0.6 is 0 Å². The first-order chi connectivity index (χ1) is 15.5. The number of rotatable bonds is 6. The first kappa shape index (κ1) is 20.5. The van der Waals surface area contributed by atoms with Crippen LogP contribution < -0.4 is 10.6 Å². The summed E-state index contributed by atoms with van der Waals surface area (Å²) in [5, 5.41) is 5.88. The Balaban J connectivity index is 1.19. The SMILES string of the molecule is Cc1oc(-c2ccc(NC(=O)c3ccoc3)cc2)nc1CNC(=O)C1CC12CCCCC2. The van der Waals surface area contributed by atoms with E-state index in [-0.39, 0.29) is 23.1 Å². The molecule has 3 aromatic rings. The van der Waals surface area contributed by atoms with E-state index in [1.807, 2.05) is 19.1 Å². The van der Waals surface area contributed by atoms with Crippen LogP contribution in [0, 0.1) is 18.3 Å². The zero-order valence-electron chi connectivity index (χ0n) is 18.1. The van der Waals surface area contributed by atoms with Crippen LogP contribution in [0.1, 0.15) is 60.3 Å². The molecule has 2 amide bonds. The van der Waals surface area contributed by atoms with Gasteiger partial charge in [0.25, 0.3) is 5.91 Å². The Hall–Kier alpha value is -3.35. The minimum atomic E-state index is -0.234. The van der Waals surface area contributed by atoms with Crippen molar-refractivity contribution in [3.8, 4) is 11.5 Å². The molecule has 2 saturated carbocycles. The van der Waals surface area contributed by atoms with Gasteiger partial charge in [0.2, 0.25) is 11.8 Å². The van der Waals surface area contributed by atoms with Crippen LogP contribution in [0.15, 0.2) is 51.7 Å². The predicted molar refractivity (Wildman–Crippen MR) is 119 cm³/mol. The summed E-state index contributed by atoms with van der Waals surface area (Å²) >= 11 is 0. The van der Waals surface area contributed by atoms with Crippen LogP contribution in [0.2, 0.25) is 0 Å². The average Bonchev–Trinajstić information content (AvgIpc) is 3.15. The second kappa shape index (κ2) is 8.30. The van der Waals surface area contributed by atoms with Crippen molar-refractivity contribution in [3.05, 3.63) is 59.9 Å². The molecule has 0 bridgehead atoms. The van der Waals surface area contributed by atoms with E-state index in [1.54, 1.807) is 18.2 Å². The normalized spacial score (nSPS) is 19.0. The Morgan fingerprint density at radius 2 is 1.91 bits per heavy atom. The maximum atomic E-state index is 12.6. The van der Waals surface area contributed by atoms with E-state index in [9.17, 15) is 9.59 Å². The summed E-state index contributed by atoms with van der Waals surface area (Å²) in [6.07, 6.45) is 10.1. The van der Waals surface area contributed by atoms with E-state index in [4.69, 9.17) is 8.83 Å². The summed E-state index contributed by atoms with van der Waals surface area (Å²) < 4.78 is 10.8. The molecule has 0 saturated heterocycles. The second-order valence-corrected chi connectivity index (χ2v) is 8.96. The predicted octanol–water partition coefficient (Wildman–Crippen LogP) is 5.08. The molecule has 166 valence electrons. The van der Waals surface area contributed by atoms with E-state index < -0.39 is 0 Å². The number of amides is 2. The fourth-order valence-corrected chi connectivity index (χ4v) is 4.83. The molecule has 1 spiro atoms. The highest BCUT2D eigenvalue weighted by Gasteiger charge is 2.57. The zero-order chi connectivity index (χ0) is 22.1. The molecule has 2 N–H and O–H groups in total. The van der Waals surface area contributed by atoms with E-state index in [1.165, 1.54) is 44.6 Å². The lowest BCUT2D eigenvalue weighted by molar-refractivity contribution is -0.123. The van der Waals surface area contributed by atoms with Gasteiger partial charge in [0.15, 0.2) is 0 Å².